The monoisotopic (exact) mass is 198 g/mol. The van der Waals surface area contributed by atoms with Crippen LogP contribution in [-0.4, -0.2) is 31.1 Å². The summed E-state index contributed by atoms with van der Waals surface area (Å²) in [6, 6.07) is 0. The fourth-order valence-corrected chi connectivity index (χ4v) is 2.23. The Balaban J connectivity index is 2.03. The first-order valence-electron chi connectivity index (χ1n) is 6.18. The maximum atomic E-state index is 5.60. The van der Waals surface area contributed by atoms with Crippen molar-refractivity contribution < 1.29 is 0 Å². The van der Waals surface area contributed by atoms with Gasteiger partial charge in [-0.05, 0) is 50.7 Å². The van der Waals surface area contributed by atoms with Gasteiger partial charge in [0.1, 0.15) is 0 Å². The number of nitrogens with two attached hydrogens (primary N) is 1. The van der Waals surface area contributed by atoms with Crippen molar-refractivity contribution in [3.8, 4) is 0 Å². The van der Waals surface area contributed by atoms with Crippen LogP contribution in [0.4, 0.5) is 0 Å². The Morgan fingerprint density at radius 1 is 1.50 bits per heavy atom. The van der Waals surface area contributed by atoms with Crippen LogP contribution in [0.5, 0.6) is 0 Å². The van der Waals surface area contributed by atoms with Crippen LogP contribution in [0.15, 0.2) is 0 Å². The van der Waals surface area contributed by atoms with Crippen LogP contribution in [0.2, 0.25) is 0 Å². The Labute approximate surface area is 88.8 Å². The standard InChI is InChI=1S/C12H26N2/c1-3-12-6-8-14(10-12)7-4-5-11(2)9-13/h11-12H,3-10,13H2,1-2H3. The highest BCUT2D eigenvalue weighted by Crippen LogP contribution is 2.19. The lowest BCUT2D eigenvalue weighted by atomic mass is 10.1. The van der Waals surface area contributed by atoms with E-state index in [9.17, 15) is 0 Å². The fourth-order valence-electron chi connectivity index (χ4n) is 2.23. The van der Waals surface area contributed by atoms with Crippen LogP contribution in [0.3, 0.4) is 0 Å². The second-order valence-corrected chi connectivity index (χ2v) is 4.85. The van der Waals surface area contributed by atoms with Gasteiger partial charge < -0.3 is 10.6 Å². The van der Waals surface area contributed by atoms with Crippen molar-refractivity contribution in [1.29, 1.82) is 0 Å². The van der Waals surface area contributed by atoms with Crippen molar-refractivity contribution in [2.75, 3.05) is 26.2 Å². The van der Waals surface area contributed by atoms with E-state index in [0.29, 0.717) is 5.92 Å². The lowest BCUT2D eigenvalue weighted by Crippen LogP contribution is -2.23. The van der Waals surface area contributed by atoms with Gasteiger partial charge in [-0.15, -0.1) is 0 Å². The second kappa shape index (κ2) is 6.41. The lowest BCUT2D eigenvalue weighted by Gasteiger charge is -2.16. The molecule has 0 aromatic heterocycles. The van der Waals surface area contributed by atoms with Crippen LogP contribution in [0, 0.1) is 11.8 Å². The predicted molar refractivity (Wildman–Crippen MR) is 62.3 cm³/mol. The highest BCUT2D eigenvalue weighted by Gasteiger charge is 2.19. The van der Waals surface area contributed by atoms with Crippen LogP contribution in [0.25, 0.3) is 0 Å². The van der Waals surface area contributed by atoms with E-state index in [-0.39, 0.29) is 0 Å². The summed E-state index contributed by atoms with van der Waals surface area (Å²) in [4.78, 5) is 2.62. The molecule has 2 unspecified atom stereocenters. The first kappa shape index (κ1) is 12.0. The third-order valence-electron chi connectivity index (χ3n) is 3.52. The summed E-state index contributed by atoms with van der Waals surface area (Å²) in [6.07, 6.45) is 5.40. The molecule has 1 heterocycles. The molecule has 1 aliphatic heterocycles. The summed E-state index contributed by atoms with van der Waals surface area (Å²) >= 11 is 0. The smallest absolute Gasteiger partial charge is 0.00100 e. The number of hydrogen-bond acceptors (Lipinski definition) is 2. The van der Waals surface area contributed by atoms with Gasteiger partial charge in [-0.2, -0.15) is 0 Å². The molecular formula is C12H26N2. The molecule has 2 atom stereocenters. The summed E-state index contributed by atoms with van der Waals surface area (Å²) in [5.74, 6) is 1.68. The molecule has 1 saturated heterocycles. The number of nitrogens with zero attached hydrogens (tertiary/aromatic N) is 1. The van der Waals surface area contributed by atoms with E-state index in [2.05, 4.69) is 18.7 Å². The summed E-state index contributed by atoms with van der Waals surface area (Å²) in [5.41, 5.74) is 5.60. The minimum Gasteiger partial charge on any atom is -0.330 e. The summed E-state index contributed by atoms with van der Waals surface area (Å²) < 4.78 is 0. The summed E-state index contributed by atoms with van der Waals surface area (Å²) in [5, 5.41) is 0. The zero-order chi connectivity index (χ0) is 10.4. The molecule has 0 aromatic rings. The molecule has 2 nitrogen and oxygen atoms in total. The normalized spacial score (nSPS) is 25.5. The van der Waals surface area contributed by atoms with Gasteiger partial charge in [-0.1, -0.05) is 20.3 Å². The van der Waals surface area contributed by atoms with E-state index >= 15 is 0 Å². The van der Waals surface area contributed by atoms with E-state index in [1.807, 2.05) is 0 Å². The van der Waals surface area contributed by atoms with E-state index < -0.39 is 0 Å². The minimum atomic E-state index is 0.708. The van der Waals surface area contributed by atoms with E-state index in [4.69, 9.17) is 5.73 Å². The molecule has 0 bridgehead atoms. The van der Waals surface area contributed by atoms with Gasteiger partial charge in [0.15, 0.2) is 0 Å². The zero-order valence-corrected chi connectivity index (χ0v) is 9.84. The van der Waals surface area contributed by atoms with Gasteiger partial charge >= 0.3 is 0 Å². The average Bonchev–Trinajstić information content (AvgIpc) is 2.65. The largest absolute Gasteiger partial charge is 0.330 e. The number of hydrogen-bond donors (Lipinski definition) is 1. The van der Waals surface area contributed by atoms with Gasteiger partial charge in [0, 0.05) is 6.54 Å². The quantitative estimate of drug-likeness (QED) is 0.708. The van der Waals surface area contributed by atoms with Crippen molar-refractivity contribution in [1.82, 2.24) is 4.90 Å². The fraction of sp³-hybridized carbons (Fsp3) is 1.00. The van der Waals surface area contributed by atoms with Crippen molar-refractivity contribution in [3.63, 3.8) is 0 Å². The summed E-state index contributed by atoms with van der Waals surface area (Å²) in [6.45, 7) is 9.37. The van der Waals surface area contributed by atoms with E-state index in [0.717, 1.165) is 12.5 Å². The molecule has 0 aromatic carbocycles. The number of likely N-dealkylation sites (tertiary alicyclic amines) is 1. The van der Waals surface area contributed by atoms with Crippen LogP contribution < -0.4 is 5.73 Å². The lowest BCUT2D eigenvalue weighted by molar-refractivity contribution is 0.306. The van der Waals surface area contributed by atoms with Crippen molar-refractivity contribution in [3.05, 3.63) is 0 Å². The molecule has 14 heavy (non-hydrogen) atoms. The van der Waals surface area contributed by atoms with Crippen LogP contribution in [0.1, 0.15) is 39.5 Å². The third kappa shape index (κ3) is 3.97. The SMILES string of the molecule is CCC1CCN(CCCC(C)CN)C1. The Hall–Kier alpha value is -0.0800. The van der Waals surface area contributed by atoms with Gasteiger partial charge in [0.05, 0.1) is 0 Å². The molecular weight excluding hydrogens is 172 g/mol. The molecule has 2 heteroatoms. The van der Waals surface area contributed by atoms with Gasteiger partial charge in [-0.25, -0.2) is 0 Å². The Bertz CT molecular complexity index is 147. The molecule has 1 aliphatic rings. The van der Waals surface area contributed by atoms with Gasteiger partial charge in [0.2, 0.25) is 0 Å². The van der Waals surface area contributed by atoms with Gasteiger partial charge in [-0.3, -0.25) is 0 Å². The predicted octanol–water partition coefficient (Wildman–Crippen LogP) is 2.09. The molecule has 0 aliphatic carbocycles. The van der Waals surface area contributed by atoms with Crippen LogP contribution in [-0.2, 0) is 0 Å². The highest BCUT2D eigenvalue weighted by atomic mass is 15.1. The molecule has 2 N–H and O–H groups in total. The molecule has 0 radical (unpaired) electrons. The van der Waals surface area contributed by atoms with Gasteiger partial charge in [0.25, 0.3) is 0 Å². The van der Waals surface area contributed by atoms with E-state index in [1.54, 1.807) is 0 Å². The minimum absolute atomic E-state index is 0.708. The zero-order valence-electron chi connectivity index (χ0n) is 9.84. The maximum Gasteiger partial charge on any atom is 0.00100 e. The molecule has 84 valence electrons. The summed E-state index contributed by atoms with van der Waals surface area (Å²) in [7, 11) is 0. The molecule has 0 spiro atoms. The third-order valence-corrected chi connectivity index (χ3v) is 3.52. The average molecular weight is 198 g/mol. The second-order valence-electron chi connectivity index (χ2n) is 4.85. The molecule has 1 fully saturated rings. The van der Waals surface area contributed by atoms with Crippen molar-refractivity contribution >= 4 is 0 Å². The topological polar surface area (TPSA) is 29.3 Å². The highest BCUT2D eigenvalue weighted by molar-refractivity contribution is 4.74. The maximum absolute atomic E-state index is 5.60. The number of rotatable bonds is 6. The molecule has 1 rings (SSSR count). The van der Waals surface area contributed by atoms with Crippen molar-refractivity contribution in [2.24, 2.45) is 17.6 Å². The Morgan fingerprint density at radius 3 is 2.86 bits per heavy atom. The first-order chi connectivity index (χ1) is 6.76. The van der Waals surface area contributed by atoms with E-state index in [1.165, 1.54) is 45.3 Å². The Morgan fingerprint density at radius 2 is 2.29 bits per heavy atom. The molecule has 0 saturated carbocycles. The Kier molecular flexibility index (Phi) is 5.49. The van der Waals surface area contributed by atoms with Crippen LogP contribution >= 0.6 is 0 Å². The van der Waals surface area contributed by atoms with Crippen molar-refractivity contribution in [2.45, 2.75) is 39.5 Å². The molecule has 0 amide bonds. The first-order valence-corrected chi connectivity index (χ1v) is 6.18.